The van der Waals surface area contributed by atoms with E-state index in [1.165, 1.54) is 24.8 Å². The van der Waals surface area contributed by atoms with E-state index in [4.69, 9.17) is 0 Å². The lowest BCUT2D eigenvalue weighted by atomic mass is 9.48. The molecule has 0 aromatic heterocycles. The molecule has 1 fully saturated rings. The van der Waals surface area contributed by atoms with Crippen molar-refractivity contribution in [1.29, 1.82) is 0 Å². The second-order valence-corrected chi connectivity index (χ2v) is 12.2. The zero-order chi connectivity index (χ0) is 22.1. The molecule has 29 heavy (non-hydrogen) atoms. The van der Waals surface area contributed by atoms with Crippen molar-refractivity contribution in [2.24, 2.45) is 22.7 Å². The van der Waals surface area contributed by atoms with Crippen molar-refractivity contribution in [3.8, 4) is 0 Å². The summed E-state index contributed by atoms with van der Waals surface area (Å²) in [6, 6.07) is 0. The van der Waals surface area contributed by atoms with E-state index >= 15 is 0 Å². The number of phosphoric ester groups is 1. The summed E-state index contributed by atoms with van der Waals surface area (Å²) in [5.41, 5.74) is 2.98. The molecule has 9 heteroatoms. The van der Waals surface area contributed by atoms with Crippen LogP contribution >= 0.6 is 15.6 Å². The average Bonchev–Trinajstić information content (AvgIpc) is 2.50. The molecule has 0 heterocycles. The molecule has 2 aliphatic rings. The third-order valence-electron chi connectivity index (χ3n) is 6.99. The number of hydrogen-bond acceptors (Lipinski definition) is 7. The molecule has 0 saturated heterocycles. The summed E-state index contributed by atoms with van der Waals surface area (Å²) in [7, 11) is -10.8. The third-order valence-corrected chi connectivity index (χ3v) is 9.05. The van der Waals surface area contributed by atoms with E-state index in [1.807, 2.05) is 6.92 Å². The van der Waals surface area contributed by atoms with Gasteiger partial charge in [0, 0.05) is 0 Å². The van der Waals surface area contributed by atoms with Gasteiger partial charge in [-0.05, 0) is 68.6 Å². The van der Waals surface area contributed by atoms with Crippen molar-refractivity contribution < 1.29 is 32.6 Å². The van der Waals surface area contributed by atoms with Crippen molar-refractivity contribution in [3.63, 3.8) is 0 Å². The Morgan fingerprint density at radius 3 is 2.52 bits per heavy atom. The Balaban J connectivity index is 1.98. The van der Waals surface area contributed by atoms with E-state index in [2.05, 4.69) is 42.6 Å². The molecule has 168 valence electrons. The summed E-state index contributed by atoms with van der Waals surface area (Å²) in [6.07, 6.45) is 10.6. The van der Waals surface area contributed by atoms with Gasteiger partial charge in [0.05, 0.1) is 14.4 Å². The molecule has 0 aromatic rings. The van der Waals surface area contributed by atoms with E-state index < -0.39 is 15.6 Å². The van der Waals surface area contributed by atoms with Gasteiger partial charge in [0.1, 0.15) is 0 Å². The number of rotatable bonds is 8. The smallest absolute Gasteiger partial charge is 0.272 e. The fraction of sp³-hybridized carbons (Fsp3) is 0.800. The molecule has 0 spiro atoms. The van der Waals surface area contributed by atoms with Crippen LogP contribution in [0.5, 0.6) is 0 Å². The van der Waals surface area contributed by atoms with Crippen molar-refractivity contribution >= 4 is 15.6 Å². The fourth-order valence-corrected chi connectivity index (χ4v) is 7.01. The predicted octanol–water partition coefficient (Wildman–Crippen LogP) is 3.84. The highest BCUT2D eigenvalue weighted by molar-refractivity contribution is 7.58. The standard InChI is InChI=1S/C20H36O7P2/c1-15(11-14-26-29(24,25)27-28(21,22)23)7-9-17-16(2)8-10-18-19(3,4)12-6-13-20(17,18)5/h8,11,17-18H,6-7,9-10,12-14H2,1-5H3,(H,24,25)(H2,21,22,23)/p-3. The first-order valence-electron chi connectivity index (χ1n) is 10.2. The highest BCUT2D eigenvalue weighted by Crippen LogP contribution is 2.60. The third kappa shape index (κ3) is 6.61. The van der Waals surface area contributed by atoms with Crippen LogP contribution in [0.15, 0.2) is 23.3 Å². The van der Waals surface area contributed by atoms with Crippen LogP contribution in [0, 0.1) is 22.7 Å². The van der Waals surface area contributed by atoms with Gasteiger partial charge >= 0.3 is 0 Å². The minimum atomic E-state index is -5.65. The van der Waals surface area contributed by atoms with Gasteiger partial charge in [-0.3, -0.25) is 8.88 Å². The van der Waals surface area contributed by atoms with Crippen LogP contribution in [0.2, 0.25) is 0 Å². The maximum atomic E-state index is 11.3. The predicted molar refractivity (Wildman–Crippen MR) is 106 cm³/mol. The molecule has 1 saturated carbocycles. The van der Waals surface area contributed by atoms with Crippen LogP contribution in [0.3, 0.4) is 0 Å². The Morgan fingerprint density at radius 1 is 1.24 bits per heavy atom. The highest BCUT2D eigenvalue weighted by atomic mass is 31.3. The van der Waals surface area contributed by atoms with Crippen LogP contribution in [0.4, 0.5) is 0 Å². The lowest BCUT2D eigenvalue weighted by molar-refractivity contribution is -0.339. The normalized spacial score (nSPS) is 32.3. The number of hydrogen-bond donors (Lipinski definition) is 0. The second-order valence-electron chi connectivity index (χ2n) is 9.50. The van der Waals surface area contributed by atoms with E-state index in [1.54, 1.807) is 6.08 Å². The van der Waals surface area contributed by atoms with Crippen molar-refractivity contribution in [2.75, 3.05) is 6.61 Å². The molecule has 0 aliphatic heterocycles. The molecule has 4 atom stereocenters. The Labute approximate surface area is 174 Å². The maximum absolute atomic E-state index is 11.3. The molecule has 0 aromatic carbocycles. The average molecular weight is 447 g/mol. The van der Waals surface area contributed by atoms with E-state index in [0.29, 0.717) is 17.3 Å². The summed E-state index contributed by atoms with van der Waals surface area (Å²) in [4.78, 5) is 32.2. The van der Waals surface area contributed by atoms with Gasteiger partial charge in [-0.1, -0.05) is 50.5 Å². The Morgan fingerprint density at radius 2 is 1.90 bits per heavy atom. The maximum Gasteiger partial charge on any atom is 0.272 e. The second kappa shape index (κ2) is 9.08. The van der Waals surface area contributed by atoms with Gasteiger partial charge in [0.25, 0.3) is 7.82 Å². The monoisotopic (exact) mass is 447 g/mol. The van der Waals surface area contributed by atoms with Crippen LogP contribution in [-0.2, 0) is 18.0 Å². The van der Waals surface area contributed by atoms with E-state index in [0.717, 1.165) is 24.8 Å². The van der Waals surface area contributed by atoms with Crippen LogP contribution in [-0.4, -0.2) is 6.61 Å². The molecule has 7 nitrogen and oxygen atoms in total. The van der Waals surface area contributed by atoms with Gasteiger partial charge in [-0.2, -0.15) is 0 Å². The molecule has 0 N–H and O–H groups in total. The zero-order valence-corrected chi connectivity index (χ0v) is 19.8. The lowest BCUT2D eigenvalue weighted by Crippen LogP contribution is -2.48. The molecule has 0 bridgehead atoms. The van der Waals surface area contributed by atoms with Crippen molar-refractivity contribution in [3.05, 3.63) is 23.3 Å². The summed E-state index contributed by atoms with van der Waals surface area (Å²) in [5, 5.41) is 0. The van der Waals surface area contributed by atoms with Crippen molar-refractivity contribution in [2.45, 2.75) is 73.1 Å². The SMILES string of the molecule is CC(=CCOP(=O)([O-])OP(=O)([O-])[O-])CCC1C(C)=CCC2C(C)(C)CCCC12C. The topological polar surface area (TPSA) is 122 Å². The molecule has 2 rings (SSSR count). The summed E-state index contributed by atoms with van der Waals surface area (Å²) < 4.78 is 29.6. The van der Waals surface area contributed by atoms with Crippen molar-refractivity contribution in [1.82, 2.24) is 0 Å². The zero-order valence-electron chi connectivity index (χ0n) is 18.0. The Kier molecular flexibility index (Phi) is 7.83. The Hall–Kier alpha value is -0.260. The first kappa shape index (κ1) is 25.0. The van der Waals surface area contributed by atoms with Gasteiger partial charge in [-0.25, -0.2) is 0 Å². The van der Waals surface area contributed by atoms with Gasteiger partial charge in [0.15, 0.2) is 0 Å². The number of fused-ring (bicyclic) bond motifs is 1. The summed E-state index contributed by atoms with van der Waals surface area (Å²) >= 11 is 0. The summed E-state index contributed by atoms with van der Waals surface area (Å²) in [5.74, 6) is 1.13. The number of phosphoric acid groups is 2. The highest BCUT2D eigenvalue weighted by Gasteiger charge is 2.51. The number of allylic oxidation sites excluding steroid dienone is 3. The van der Waals surface area contributed by atoms with Gasteiger partial charge in [0.2, 0.25) is 0 Å². The minimum absolute atomic E-state index is 0.263. The van der Waals surface area contributed by atoms with E-state index in [-0.39, 0.29) is 12.0 Å². The molecule has 0 radical (unpaired) electrons. The largest absolute Gasteiger partial charge is 0.790 e. The fourth-order valence-electron chi connectivity index (χ4n) is 5.59. The van der Waals surface area contributed by atoms with Gasteiger partial charge < -0.3 is 23.8 Å². The first-order chi connectivity index (χ1) is 13.2. The van der Waals surface area contributed by atoms with Crippen LogP contribution in [0.25, 0.3) is 0 Å². The lowest BCUT2D eigenvalue weighted by Gasteiger charge is -2.57. The quantitative estimate of drug-likeness (QED) is 0.409. The molecule has 2 aliphatic carbocycles. The van der Waals surface area contributed by atoms with E-state index in [9.17, 15) is 23.8 Å². The van der Waals surface area contributed by atoms with Gasteiger partial charge in [-0.15, -0.1) is 0 Å². The molecular formula is C20H33O7P2-3. The Bertz CT molecular complexity index is 752. The van der Waals surface area contributed by atoms with Crippen LogP contribution in [0.1, 0.15) is 73.1 Å². The minimum Gasteiger partial charge on any atom is -0.790 e. The first-order valence-corrected chi connectivity index (χ1v) is 13.1. The van der Waals surface area contributed by atoms with Crippen LogP contribution < -0.4 is 14.7 Å². The summed E-state index contributed by atoms with van der Waals surface area (Å²) in [6.45, 7) is 10.9. The molecular weight excluding hydrogens is 414 g/mol. The molecule has 4 unspecified atom stereocenters. The molecule has 0 amide bonds.